The fourth-order valence-corrected chi connectivity index (χ4v) is 0.629. The van der Waals surface area contributed by atoms with Gasteiger partial charge in [0.2, 0.25) is 0 Å². The molecule has 0 aliphatic carbocycles. The third kappa shape index (κ3) is 3.67. The maximum atomic E-state index is 10.1. The predicted octanol–water partition coefficient (Wildman–Crippen LogP) is -1.24. The van der Waals surface area contributed by atoms with Crippen LogP contribution in [0.4, 0.5) is 4.79 Å². The zero-order chi connectivity index (χ0) is 6.57. The Morgan fingerprint density at radius 1 is 2.00 bits per heavy atom. The highest BCUT2D eigenvalue weighted by Gasteiger charge is 1.97. The van der Waals surface area contributed by atoms with Crippen molar-refractivity contribution in [2.75, 3.05) is 0 Å². The number of amides is 2. The molecule has 0 bridgehead atoms. The normalized spacial score (nSPS) is 13.1. The van der Waals surface area contributed by atoms with Crippen LogP contribution in [0.5, 0.6) is 0 Å². The van der Waals surface area contributed by atoms with Crippen LogP contribution in [-0.4, -0.2) is 21.9 Å². The van der Waals surface area contributed by atoms with Crippen LogP contribution in [-0.2, 0) is 0 Å². The van der Waals surface area contributed by atoms with Crippen LogP contribution >= 0.6 is 0 Å². The molecule has 8 heavy (non-hydrogen) atoms. The molecule has 3 nitrogen and oxygen atoms in total. The zero-order valence-electron chi connectivity index (χ0n) is 5.27. The minimum absolute atomic E-state index is 0.340. The highest BCUT2D eigenvalue weighted by Crippen LogP contribution is 1.79. The molecule has 1 atom stereocenters. The van der Waals surface area contributed by atoms with Gasteiger partial charge in [-0.2, -0.15) is 0 Å². The third-order valence-electron chi connectivity index (χ3n) is 1.00. The molecule has 2 amide bonds. The first-order valence-corrected chi connectivity index (χ1v) is 3.88. The van der Waals surface area contributed by atoms with E-state index >= 15 is 0 Å². The minimum Gasteiger partial charge on any atom is -0.352 e. The first-order chi connectivity index (χ1) is 3.66. The fraction of sp³-hybridized carbons (Fsp3) is 0.750. The van der Waals surface area contributed by atoms with Crippen molar-refractivity contribution >= 4 is 16.3 Å². The summed E-state index contributed by atoms with van der Waals surface area (Å²) < 4.78 is 0. The number of nitrogens with two attached hydrogens (primary N) is 1. The Hall–Kier alpha value is -0.513. The monoisotopic (exact) mass is 132 g/mol. The molecular weight excluding hydrogens is 120 g/mol. The van der Waals surface area contributed by atoms with E-state index in [1.807, 2.05) is 6.92 Å². The summed E-state index contributed by atoms with van der Waals surface area (Å²) in [6.45, 7) is 2.02. The van der Waals surface area contributed by atoms with E-state index in [1.54, 1.807) is 0 Å². The number of rotatable bonds is 2. The first kappa shape index (κ1) is 7.49. The van der Waals surface area contributed by atoms with E-state index in [0.29, 0.717) is 5.67 Å². The molecule has 0 aliphatic heterocycles. The Labute approximate surface area is 52.1 Å². The number of urea groups is 1. The van der Waals surface area contributed by atoms with Gasteiger partial charge in [-0.15, -0.1) is 0 Å². The van der Waals surface area contributed by atoms with Gasteiger partial charge in [-0.3, -0.25) is 0 Å². The van der Waals surface area contributed by atoms with Crippen molar-refractivity contribution in [3.05, 3.63) is 0 Å². The smallest absolute Gasteiger partial charge is 0.312 e. The van der Waals surface area contributed by atoms with Crippen LogP contribution in [0.1, 0.15) is 13.3 Å². The number of carbonyl (C=O) groups excluding carboxylic acids is 1. The van der Waals surface area contributed by atoms with Gasteiger partial charge in [-0.05, 0) is 6.42 Å². The predicted molar refractivity (Wildman–Crippen MR) is 36.7 cm³/mol. The quantitative estimate of drug-likeness (QED) is 0.453. The topological polar surface area (TPSA) is 55.1 Å². The number of hydrogen-bond acceptors (Lipinski definition) is 1. The first-order valence-electron chi connectivity index (χ1n) is 2.72. The summed E-state index contributed by atoms with van der Waals surface area (Å²) in [4.78, 5) is 10.1. The van der Waals surface area contributed by atoms with Gasteiger partial charge in [-0.1, -0.05) is 6.92 Å². The van der Waals surface area contributed by atoms with Gasteiger partial charge in [0.05, 0.1) is 0 Å². The van der Waals surface area contributed by atoms with E-state index in [0.717, 1.165) is 16.7 Å². The number of carbonyl (C=O) groups is 1. The van der Waals surface area contributed by atoms with Crippen molar-refractivity contribution in [1.82, 2.24) is 5.32 Å². The Bertz CT molecular complexity index is 86.1. The summed E-state index contributed by atoms with van der Waals surface area (Å²) in [6, 6.07) is -0.410. The van der Waals surface area contributed by atoms with Crippen LogP contribution in [0.2, 0.25) is 0 Å². The summed E-state index contributed by atoms with van der Waals surface area (Å²) in [6.07, 6.45) is 0.981. The lowest BCUT2D eigenvalue weighted by molar-refractivity contribution is 0.248. The maximum Gasteiger partial charge on any atom is 0.312 e. The molecule has 4 heteroatoms. The molecule has 1 unspecified atom stereocenters. The van der Waals surface area contributed by atoms with Crippen LogP contribution in [0.25, 0.3) is 0 Å². The standard InChI is InChI=1S/C4H12N2OSi/c1-2-3(8)6-4(5)7/h3H,2H2,1,8H3,(H3,5,6,7). The van der Waals surface area contributed by atoms with Gasteiger partial charge < -0.3 is 11.1 Å². The van der Waals surface area contributed by atoms with E-state index in [-0.39, 0.29) is 0 Å². The Balaban J connectivity index is 3.24. The van der Waals surface area contributed by atoms with E-state index < -0.39 is 6.03 Å². The van der Waals surface area contributed by atoms with Crippen molar-refractivity contribution in [3.8, 4) is 0 Å². The van der Waals surface area contributed by atoms with E-state index in [1.165, 1.54) is 0 Å². The van der Waals surface area contributed by atoms with E-state index in [4.69, 9.17) is 5.73 Å². The lowest BCUT2D eigenvalue weighted by atomic mass is 10.5. The van der Waals surface area contributed by atoms with Crippen LogP contribution in [0.3, 0.4) is 0 Å². The summed E-state index contributed by atoms with van der Waals surface area (Å²) >= 11 is 0. The van der Waals surface area contributed by atoms with Gasteiger partial charge in [0, 0.05) is 15.9 Å². The molecule has 0 rings (SSSR count). The second kappa shape index (κ2) is 3.48. The molecule has 0 spiro atoms. The Morgan fingerprint density at radius 3 is 2.62 bits per heavy atom. The number of nitrogens with one attached hydrogen (secondary N) is 1. The largest absolute Gasteiger partial charge is 0.352 e. The molecule has 0 aromatic heterocycles. The summed E-state index contributed by atoms with van der Waals surface area (Å²) in [5.74, 6) is 0. The molecular formula is C4H12N2OSi. The van der Waals surface area contributed by atoms with Gasteiger partial charge in [0.1, 0.15) is 0 Å². The van der Waals surface area contributed by atoms with Crippen molar-refractivity contribution in [1.29, 1.82) is 0 Å². The van der Waals surface area contributed by atoms with Crippen molar-refractivity contribution < 1.29 is 4.79 Å². The molecule has 0 radical (unpaired) electrons. The van der Waals surface area contributed by atoms with Crippen LogP contribution < -0.4 is 11.1 Å². The maximum absolute atomic E-state index is 10.1. The Morgan fingerprint density at radius 2 is 2.50 bits per heavy atom. The molecule has 3 N–H and O–H groups in total. The molecule has 0 aliphatic rings. The second-order valence-electron chi connectivity index (χ2n) is 1.82. The van der Waals surface area contributed by atoms with Gasteiger partial charge in [0.25, 0.3) is 0 Å². The lowest BCUT2D eigenvalue weighted by Crippen LogP contribution is -2.38. The average Bonchev–Trinajstić information content (AvgIpc) is 1.65. The van der Waals surface area contributed by atoms with Gasteiger partial charge >= 0.3 is 6.03 Å². The Kier molecular flexibility index (Phi) is 3.26. The molecule has 0 saturated carbocycles. The van der Waals surface area contributed by atoms with Crippen LogP contribution in [0.15, 0.2) is 0 Å². The molecule has 48 valence electrons. The number of primary amides is 1. The summed E-state index contributed by atoms with van der Waals surface area (Å²) in [5, 5.41) is 2.59. The van der Waals surface area contributed by atoms with Crippen molar-refractivity contribution in [2.24, 2.45) is 5.73 Å². The van der Waals surface area contributed by atoms with Crippen LogP contribution in [0, 0.1) is 0 Å². The fourth-order valence-electron chi connectivity index (χ4n) is 0.345. The SMILES string of the molecule is CCC([SiH3])NC(N)=O. The molecule has 0 fully saturated rings. The van der Waals surface area contributed by atoms with Gasteiger partial charge in [0.15, 0.2) is 0 Å². The molecule has 0 heterocycles. The number of hydrogen-bond donors (Lipinski definition) is 2. The van der Waals surface area contributed by atoms with E-state index in [2.05, 4.69) is 5.32 Å². The average molecular weight is 132 g/mol. The summed E-state index contributed by atoms with van der Waals surface area (Å²) in [5.41, 5.74) is 5.18. The minimum atomic E-state index is -0.410. The highest BCUT2D eigenvalue weighted by molar-refractivity contribution is 6.12. The third-order valence-corrected chi connectivity index (χ3v) is 2.11. The highest BCUT2D eigenvalue weighted by atomic mass is 28.1. The van der Waals surface area contributed by atoms with E-state index in [9.17, 15) is 4.79 Å². The lowest BCUT2D eigenvalue weighted by Gasteiger charge is -2.06. The molecule has 0 aromatic carbocycles. The van der Waals surface area contributed by atoms with Crippen molar-refractivity contribution in [3.63, 3.8) is 0 Å². The van der Waals surface area contributed by atoms with Gasteiger partial charge in [-0.25, -0.2) is 4.79 Å². The summed E-state index contributed by atoms with van der Waals surface area (Å²) in [7, 11) is 0.976. The van der Waals surface area contributed by atoms with Crippen molar-refractivity contribution in [2.45, 2.75) is 19.0 Å². The molecule has 0 saturated heterocycles. The molecule has 0 aromatic rings. The zero-order valence-corrected chi connectivity index (χ0v) is 7.27. The second-order valence-corrected chi connectivity index (χ2v) is 3.21.